The number of hydrogen-bond acceptors (Lipinski definition) is 5. The van der Waals surface area contributed by atoms with Gasteiger partial charge >= 0.3 is 6.36 Å². The Hall–Kier alpha value is -2.94. The van der Waals surface area contributed by atoms with Gasteiger partial charge in [-0.1, -0.05) is 18.6 Å². The summed E-state index contributed by atoms with van der Waals surface area (Å²) in [5.41, 5.74) is 3.29. The molecule has 9 heteroatoms. The molecule has 0 N–H and O–H groups in total. The lowest BCUT2D eigenvalue weighted by molar-refractivity contribution is -0.274. The number of fused-ring (bicyclic) bond motifs is 2. The highest BCUT2D eigenvalue weighted by Gasteiger charge is 2.34. The van der Waals surface area contributed by atoms with Crippen molar-refractivity contribution in [2.45, 2.75) is 44.8 Å². The molecule has 0 spiro atoms. The predicted octanol–water partition coefficient (Wildman–Crippen LogP) is 4.42. The van der Waals surface area contributed by atoms with Crippen LogP contribution in [0.25, 0.3) is 0 Å². The van der Waals surface area contributed by atoms with Crippen LogP contribution in [0.2, 0.25) is 0 Å². The first-order valence-electron chi connectivity index (χ1n) is 11.6. The van der Waals surface area contributed by atoms with E-state index in [1.54, 1.807) is 24.1 Å². The fourth-order valence-corrected chi connectivity index (χ4v) is 5.34. The van der Waals surface area contributed by atoms with Gasteiger partial charge in [-0.05, 0) is 48.7 Å². The Bertz CT molecular complexity index is 1060. The predicted molar refractivity (Wildman–Crippen MR) is 121 cm³/mol. The average molecular weight is 476 g/mol. The maximum absolute atomic E-state index is 13.2. The van der Waals surface area contributed by atoms with Gasteiger partial charge in [-0.15, -0.1) is 13.2 Å². The number of hydrogen-bond donors (Lipinski definition) is 0. The SMILES string of the molecule is COc1cc(N2CCN3CCCCC3C2)cc2c1C(=O)N(Cc1ccc(OC(F)(F)F)cc1)C2. The van der Waals surface area contributed by atoms with Crippen LogP contribution in [-0.2, 0) is 13.1 Å². The number of piperazine rings is 1. The normalized spacial score (nSPS) is 20.8. The van der Waals surface area contributed by atoms with E-state index in [0.29, 0.717) is 30.4 Å². The number of anilines is 1. The van der Waals surface area contributed by atoms with E-state index in [0.717, 1.165) is 36.4 Å². The Labute approximate surface area is 196 Å². The van der Waals surface area contributed by atoms with Gasteiger partial charge < -0.3 is 19.3 Å². The first-order chi connectivity index (χ1) is 16.3. The summed E-state index contributed by atoms with van der Waals surface area (Å²) in [6.07, 6.45) is -0.960. The minimum absolute atomic E-state index is 0.133. The molecule has 0 aromatic heterocycles. The molecular weight excluding hydrogens is 447 g/mol. The molecule has 1 unspecified atom stereocenters. The monoisotopic (exact) mass is 475 g/mol. The van der Waals surface area contributed by atoms with Crippen molar-refractivity contribution < 1.29 is 27.4 Å². The van der Waals surface area contributed by atoms with Crippen LogP contribution in [0.5, 0.6) is 11.5 Å². The van der Waals surface area contributed by atoms with Crippen molar-refractivity contribution in [1.29, 1.82) is 0 Å². The number of halogens is 3. The molecule has 0 radical (unpaired) electrons. The molecule has 182 valence electrons. The second-order valence-electron chi connectivity index (χ2n) is 9.17. The first-order valence-corrected chi connectivity index (χ1v) is 11.6. The van der Waals surface area contributed by atoms with Gasteiger partial charge in [-0.25, -0.2) is 0 Å². The fraction of sp³-hybridized carbons (Fsp3) is 0.480. The van der Waals surface area contributed by atoms with E-state index in [1.807, 2.05) is 6.07 Å². The maximum Gasteiger partial charge on any atom is 0.573 e. The fourth-order valence-electron chi connectivity index (χ4n) is 5.34. The lowest BCUT2D eigenvalue weighted by Crippen LogP contribution is -2.54. The zero-order valence-electron chi connectivity index (χ0n) is 19.1. The highest BCUT2D eigenvalue weighted by atomic mass is 19.4. The number of nitrogens with zero attached hydrogens (tertiary/aromatic N) is 3. The third-order valence-electron chi connectivity index (χ3n) is 6.98. The van der Waals surface area contributed by atoms with E-state index in [4.69, 9.17) is 4.74 Å². The van der Waals surface area contributed by atoms with Gasteiger partial charge in [-0.2, -0.15) is 0 Å². The average Bonchev–Trinajstić information content (AvgIpc) is 3.13. The van der Waals surface area contributed by atoms with Crippen LogP contribution in [0.3, 0.4) is 0 Å². The minimum atomic E-state index is -4.73. The standard InChI is InChI=1S/C25H28F3N3O3/c1-33-22-13-20(30-11-10-29-9-3-2-4-19(29)16-30)12-18-15-31(24(32)23(18)22)14-17-5-7-21(8-6-17)34-25(26,27)28/h5-8,12-13,19H,2-4,9-11,14-16H2,1H3. The molecular formula is C25H28F3N3O3. The van der Waals surface area contributed by atoms with Crippen molar-refractivity contribution in [3.63, 3.8) is 0 Å². The Kier molecular flexibility index (Phi) is 6.06. The molecule has 0 aliphatic carbocycles. The molecule has 5 rings (SSSR count). The Morgan fingerprint density at radius 3 is 2.59 bits per heavy atom. The molecule has 2 aromatic rings. The van der Waals surface area contributed by atoms with E-state index in [-0.39, 0.29) is 11.7 Å². The number of methoxy groups -OCH3 is 1. The van der Waals surface area contributed by atoms with E-state index in [2.05, 4.69) is 20.6 Å². The minimum Gasteiger partial charge on any atom is -0.496 e. The molecule has 0 bridgehead atoms. The van der Waals surface area contributed by atoms with Crippen molar-refractivity contribution in [3.8, 4) is 11.5 Å². The highest BCUT2D eigenvalue weighted by Crippen LogP contribution is 2.37. The van der Waals surface area contributed by atoms with Gasteiger partial charge in [0.05, 0.1) is 12.7 Å². The smallest absolute Gasteiger partial charge is 0.496 e. The van der Waals surface area contributed by atoms with Gasteiger partial charge in [0, 0.05) is 50.5 Å². The van der Waals surface area contributed by atoms with Crippen LogP contribution in [0, 0.1) is 0 Å². The Morgan fingerprint density at radius 1 is 1.06 bits per heavy atom. The lowest BCUT2D eigenvalue weighted by atomic mass is 9.98. The summed E-state index contributed by atoms with van der Waals surface area (Å²) in [7, 11) is 1.58. The van der Waals surface area contributed by atoms with E-state index >= 15 is 0 Å². The third-order valence-corrected chi connectivity index (χ3v) is 6.98. The molecule has 2 aromatic carbocycles. The van der Waals surface area contributed by atoms with Crippen LogP contribution in [0.4, 0.5) is 18.9 Å². The summed E-state index contributed by atoms with van der Waals surface area (Å²) < 4.78 is 46.7. The van der Waals surface area contributed by atoms with Crippen molar-refractivity contribution in [2.24, 2.45) is 0 Å². The van der Waals surface area contributed by atoms with Crippen molar-refractivity contribution >= 4 is 11.6 Å². The van der Waals surface area contributed by atoms with Crippen LogP contribution >= 0.6 is 0 Å². The molecule has 3 aliphatic rings. The molecule has 2 fully saturated rings. The van der Waals surface area contributed by atoms with Crippen molar-refractivity contribution in [3.05, 3.63) is 53.1 Å². The van der Waals surface area contributed by atoms with Gasteiger partial charge in [0.1, 0.15) is 11.5 Å². The van der Waals surface area contributed by atoms with Crippen LogP contribution < -0.4 is 14.4 Å². The van der Waals surface area contributed by atoms with Gasteiger partial charge in [0.15, 0.2) is 0 Å². The van der Waals surface area contributed by atoms with Gasteiger partial charge in [0.25, 0.3) is 5.91 Å². The van der Waals surface area contributed by atoms with Crippen molar-refractivity contribution in [2.75, 3.05) is 38.2 Å². The quantitative estimate of drug-likeness (QED) is 0.641. The molecule has 1 atom stereocenters. The summed E-state index contributed by atoms with van der Waals surface area (Å²) in [5.74, 6) is 0.155. The molecule has 3 aliphatic heterocycles. The molecule has 1 amide bonds. The molecule has 6 nitrogen and oxygen atoms in total. The number of amides is 1. The zero-order chi connectivity index (χ0) is 23.9. The number of rotatable bonds is 5. The Morgan fingerprint density at radius 2 is 1.85 bits per heavy atom. The van der Waals surface area contributed by atoms with Crippen LogP contribution in [-0.4, -0.2) is 61.4 Å². The number of piperidine rings is 1. The van der Waals surface area contributed by atoms with Crippen LogP contribution in [0.15, 0.2) is 36.4 Å². The second-order valence-corrected chi connectivity index (χ2v) is 9.17. The summed E-state index contributed by atoms with van der Waals surface area (Å²) in [6, 6.07) is 10.2. The van der Waals surface area contributed by atoms with E-state index in [1.165, 1.54) is 37.9 Å². The first kappa shape index (κ1) is 22.8. The van der Waals surface area contributed by atoms with Crippen molar-refractivity contribution in [1.82, 2.24) is 9.80 Å². The van der Waals surface area contributed by atoms with E-state index < -0.39 is 6.36 Å². The summed E-state index contributed by atoms with van der Waals surface area (Å²) in [4.78, 5) is 19.8. The largest absolute Gasteiger partial charge is 0.573 e. The second kappa shape index (κ2) is 9.02. The van der Waals surface area contributed by atoms with E-state index in [9.17, 15) is 18.0 Å². The number of carbonyl (C=O) groups is 1. The number of ether oxygens (including phenoxy) is 2. The summed E-state index contributed by atoms with van der Waals surface area (Å²) in [5, 5.41) is 0. The maximum atomic E-state index is 13.2. The third kappa shape index (κ3) is 4.66. The Balaban J connectivity index is 1.31. The highest BCUT2D eigenvalue weighted by molar-refractivity contribution is 6.01. The molecule has 34 heavy (non-hydrogen) atoms. The molecule has 2 saturated heterocycles. The molecule has 3 heterocycles. The summed E-state index contributed by atoms with van der Waals surface area (Å²) >= 11 is 0. The number of carbonyl (C=O) groups excluding carboxylic acids is 1. The van der Waals surface area contributed by atoms with Gasteiger partial charge in [-0.3, -0.25) is 9.69 Å². The molecule has 0 saturated carbocycles. The number of benzene rings is 2. The van der Waals surface area contributed by atoms with Crippen LogP contribution in [0.1, 0.15) is 40.7 Å². The summed E-state index contributed by atoms with van der Waals surface area (Å²) in [6.45, 7) is 4.87. The zero-order valence-corrected chi connectivity index (χ0v) is 19.1. The topological polar surface area (TPSA) is 45.2 Å². The number of alkyl halides is 3. The van der Waals surface area contributed by atoms with Gasteiger partial charge in [0.2, 0.25) is 0 Å². The lowest BCUT2D eigenvalue weighted by Gasteiger charge is -2.45.